The topological polar surface area (TPSA) is 41.7 Å². The maximum atomic E-state index is 6.00. The summed E-state index contributed by atoms with van der Waals surface area (Å²) in [6.07, 6.45) is 1.18. The predicted octanol–water partition coefficient (Wildman–Crippen LogP) is 0.375. The Morgan fingerprint density at radius 1 is 1.29 bits per heavy atom. The zero-order valence-corrected chi connectivity index (χ0v) is 11.4. The largest absolute Gasteiger partial charge is 0.381 e. The van der Waals surface area contributed by atoms with Gasteiger partial charge in [-0.1, -0.05) is 0 Å². The van der Waals surface area contributed by atoms with Crippen LogP contribution in [-0.4, -0.2) is 67.8 Å². The third kappa shape index (κ3) is 2.81. The van der Waals surface area contributed by atoms with Crippen LogP contribution in [0.3, 0.4) is 0 Å². The van der Waals surface area contributed by atoms with E-state index in [0.717, 1.165) is 32.8 Å². The summed E-state index contributed by atoms with van der Waals surface area (Å²) in [5.74, 6) is 0.641. The van der Waals surface area contributed by atoms with Crippen molar-refractivity contribution in [3.63, 3.8) is 0 Å². The average Bonchev–Trinajstić information content (AvgIpc) is 2.80. The minimum Gasteiger partial charge on any atom is -0.381 e. The summed E-state index contributed by atoms with van der Waals surface area (Å²) in [6, 6.07) is 1.75. The average molecular weight is 241 g/mol. The Labute approximate surface area is 105 Å². The van der Waals surface area contributed by atoms with Crippen LogP contribution in [-0.2, 0) is 4.74 Å². The molecule has 4 nitrogen and oxygen atoms in total. The number of ether oxygens (including phenoxy) is 1. The number of nitrogens with two attached hydrogens (primary N) is 1. The summed E-state index contributed by atoms with van der Waals surface area (Å²) >= 11 is 0. The first kappa shape index (κ1) is 13.3. The number of likely N-dealkylation sites (N-methyl/N-ethyl adjacent to an activating group) is 1. The molecule has 2 saturated heterocycles. The first-order valence-corrected chi connectivity index (χ1v) is 6.87. The van der Waals surface area contributed by atoms with E-state index in [4.69, 9.17) is 10.5 Å². The highest BCUT2D eigenvalue weighted by atomic mass is 16.5. The second-order valence-electron chi connectivity index (χ2n) is 5.74. The Kier molecular flexibility index (Phi) is 4.42. The quantitative estimate of drug-likeness (QED) is 0.775. The van der Waals surface area contributed by atoms with Crippen molar-refractivity contribution in [1.82, 2.24) is 9.80 Å². The lowest BCUT2D eigenvalue weighted by Gasteiger charge is -2.46. The first-order chi connectivity index (χ1) is 8.13. The Bertz CT molecular complexity index is 231. The summed E-state index contributed by atoms with van der Waals surface area (Å²) in [5.41, 5.74) is 6.00. The SMILES string of the molecule is CC1CN(C(CN)C2CCOC2)CC(C)N1C. The van der Waals surface area contributed by atoms with E-state index >= 15 is 0 Å². The highest BCUT2D eigenvalue weighted by molar-refractivity contribution is 4.90. The molecule has 2 fully saturated rings. The maximum absolute atomic E-state index is 6.00. The molecule has 4 atom stereocenters. The van der Waals surface area contributed by atoms with Gasteiger partial charge in [0.05, 0.1) is 6.61 Å². The van der Waals surface area contributed by atoms with Gasteiger partial charge in [0.25, 0.3) is 0 Å². The van der Waals surface area contributed by atoms with Crippen molar-refractivity contribution >= 4 is 0 Å². The van der Waals surface area contributed by atoms with Gasteiger partial charge in [-0.05, 0) is 27.3 Å². The van der Waals surface area contributed by atoms with Gasteiger partial charge < -0.3 is 10.5 Å². The van der Waals surface area contributed by atoms with Gasteiger partial charge in [-0.2, -0.15) is 0 Å². The highest BCUT2D eigenvalue weighted by Crippen LogP contribution is 2.24. The van der Waals surface area contributed by atoms with Gasteiger partial charge in [-0.15, -0.1) is 0 Å². The highest BCUT2D eigenvalue weighted by Gasteiger charge is 2.35. The molecule has 2 aliphatic heterocycles. The fourth-order valence-electron chi connectivity index (χ4n) is 3.21. The Morgan fingerprint density at radius 2 is 1.94 bits per heavy atom. The zero-order chi connectivity index (χ0) is 12.4. The standard InChI is InChI=1S/C13H27N3O/c1-10-7-16(8-11(2)15(10)3)13(6-14)12-4-5-17-9-12/h10-13H,4-9,14H2,1-3H3. The predicted molar refractivity (Wildman–Crippen MR) is 70.0 cm³/mol. The van der Waals surface area contributed by atoms with Crippen molar-refractivity contribution in [2.24, 2.45) is 11.7 Å². The minimum absolute atomic E-state index is 0.510. The molecule has 0 saturated carbocycles. The van der Waals surface area contributed by atoms with Crippen LogP contribution in [0.1, 0.15) is 20.3 Å². The van der Waals surface area contributed by atoms with Gasteiger partial charge in [0.2, 0.25) is 0 Å². The lowest BCUT2D eigenvalue weighted by atomic mass is 9.95. The number of rotatable bonds is 3. The molecule has 0 aromatic heterocycles. The maximum Gasteiger partial charge on any atom is 0.0510 e. The lowest BCUT2D eigenvalue weighted by molar-refractivity contribution is 0.0169. The molecule has 100 valence electrons. The van der Waals surface area contributed by atoms with Crippen LogP contribution in [0.15, 0.2) is 0 Å². The molecule has 17 heavy (non-hydrogen) atoms. The molecule has 4 heteroatoms. The van der Waals surface area contributed by atoms with E-state index in [2.05, 4.69) is 30.7 Å². The molecule has 0 aromatic carbocycles. The summed E-state index contributed by atoms with van der Waals surface area (Å²) in [4.78, 5) is 5.06. The second kappa shape index (κ2) is 5.65. The molecule has 2 heterocycles. The molecule has 0 spiro atoms. The minimum atomic E-state index is 0.510. The van der Waals surface area contributed by atoms with Gasteiger partial charge in [0.1, 0.15) is 0 Å². The van der Waals surface area contributed by atoms with Gasteiger partial charge in [-0.25, -0.2) is 0 Å². The van der Waals surface area contributed by atoms with Gasteiger partial charge in [-0.3, -0.25) is 9.80 Å². The monoisotopic (exact) mass is 241 g/mol. The normalized spacial score (nSPS) is 38.5. The molecule has 0 aliphatic carbocycles. The molecular formula is C13H27N3O. The van der Waals surface area contributed by atoms with Crippen LogP contribution in [0, 0.1) is 5.92 Å². The molecule has 0 radical (unpaired) electrons. The fraction of sp³-hybridized carbons (Fsp3) is 1.00. The van der Waals surface area contributed by atoms with E-state index < -0.39 is 0 Å². The van der Waals surface area contributed by atoms with Crippen LogP contribution >= 0.6 is 0 Å². The molecule has 2 N–H and O–H groups in total. The van der Waals surface area contributed by atoms with Gasteiger partial charge in [0, 0.05) is 50.3 Å². The molecule has 0 amide bonds. The number of hydrogen-bond acceptors (Lipinski definition) is 4. The molecule has 2 rings (SSSR count). The van der Waals surface area contributed by atoms with Crippen molar-refractivity contribution in [1.29, 1.82) is 0 Å². The van der Waals surface area contributed by atoms with E-state index in [1.54, 1.807) is 0 Å². The van der Waals surface area contributed by atoms with Gasteiger partial charge >= 0.3 is 0 Å². The first-order valence-electron chi connectivity index (χ1n) is 6.87. The van der Waals surface area contributed by atoms with Crippen molar-refractivity contribution in [3.05, 3.63) is 0 Å². The van der Waals surface area contributed by atoms with Crippen molar-refractivity contribution in [3.8, 4) is 0 Å². The van der Waals surface area contributed by atoms with Gasteiger partial charge in [0.15, 0.2) is 0 Å². The van der Waals surface area contributed by atoms with E-state index in [1.165, 1.54) is 6.42 Å². The molecule has 0 aromatic rings. The molecule has 2 aliphatic rings. The van der Waals surface area contributed by atoms with E-state index in [-0.39, 0.29) is 0 Å². The van der Waals surface area contributed by atoms with Crippen molar-refractivity contribution in [2.75, 3.05) is 39.9 Å². The van der Waals surface area contributed by atoms with Crippen LogP contribution in [0.4, 0.5) is 0 Å². The number of hydrogen-bond donors (Lipinski definition) is 1. The van der Waals surface area contributed by atoms with Crippen LogP contribution in [0.25, 0.3) is 0 Å². The van der Waals surface area contributed by atoms with E-state index in [1.807, 2.05) is 0 Å². The van der Waals surface area contributed by atoms with E-state index in [9.17, 15) is 0 Å². The summed E-state index contributed by atoms with van der Waals surface area (Å²) in [7, 11) is 2.23. The smallest absolute Gasteiger partial charge is 0.0510 e. The Morgan fingerprint density at radius 3 is 2.41 bits per heavy atom. The third-order valence-electron chi connectivity index (χ3n) is 4.61. The summed E-state index contributed by atoms with van der Waals surface area (Å²) in [6.45, 7) is 9.47. The molecular weight excluding hydrogens is 214 g/mol. The van der Waals surface area contributed by atoms with Crippen molar-refractivity contribution in [2.45, 2.75) is 38.4 Å². The fourth-order valence-corrected chi connectivity index (χ4v) is 3.21. The van der Waals surface area contributed by atoms with E-state index in [0.29, 0.717) is 24.0 Å². The summed E-state index contributed by atoms with van der Waals surface area (Å²) in [5, 5.41) is 0. The Balaban J connectivity index is 1.99. The Hall–Kier alpha value is -0.160. The lowest BCUT2D eigenvalue weighted by Crippen LogP contribution is -2.60. The van der Waals surface area contributed by atoms with Crippen molar-refractivity contribution < 1.29 is 4.74 Å². The van der Waals surface area contributed by atoms with Crippen LogP contribution in [0.5, 0.6) is 0 Å². The zero-order valence-electron chi connectivity index (χ0n) is 11.4. The molecule has 4 unspecified atom stereocenters. The van der Waals surface area contributed by atoms with Crippen LogP contribution < -0.4 is 5.73 Å². The van der Waals surface area contributed by atoms with Crippen LogP contribution in [0.2, 0.25) is 0 Å². The number of piperazine rings is 1. The second-order valence-corrected chi connectivity index (χ2v) is 5.74. The number of nitrogens with zero attached hydrogens (tertiary/aromatic N) is 2. The summed E-state index contributed by atoms with van der Waals surface area (Å²) < 4.78 is 5.51. The third-order valence-corrected chi connectivity index (χ3v) is 4.61. The molecule has 0 bridgehead atoms.